The summed E-state index contributed by atoms with van der Waals surface area (Å²) in [5.74, 6) is 0.806. The third kappa shape index (κ3) is 2.67. The molecule has 130 valence electrons. The van der Waals surface area contributed by atoms with Crippen LogP contribution in [0.1, 0.15) is 19.8 Å². The van der Waals surface area contributed by atoms with Gasteiger partial charge in [0.1, 0.15) is 16.3 Å². The Hall–Kier alpha value is -2.12. The molecule has 2 unspecified atom stereocenters. The van der Waals surface area contributed by atoms with Gasteiger partial charge in [-0.05, 0) is 25.8 Å². The molecule has 4 heterocycles. The first kappa shape index (κ1) is 15.2. The van der Waals surface area contributed by atoms with Crippen molar-refractivity contribution in [3.8, 4) is 16.3 Å². The molecule has 2 atom stereocenters. The van der Waals surface area contributed by atoms with Crippen molar-refractivity contribution >= 4 is 28.5 Å². The summed E-state index contributed by atoms with van der Waals surface area (Å²) >= 11 is 1.60. The Morgan fingerprint density at radius 1 is 1.32 bits per heavy atom. The van der Waals surface area contributed by atoms with Crippen molar-refractivity contribution in [2.45, 2.75) is 31.8 Å². The molecule has 2 aromatic heterocycles. The standard InChI is InChI=1S/C18H20N4O2S/c1-2-23-13-7-14(17-19-5-6-25-17)16-15(8-13)21-18(24-16)22-9-11-3-4-12(10-22)20-11/h5-8,11-12,20H,2-4,9-10H2,1H3. The topological polar surface area (TPSA) is 63.4 Å². The molecule has 2 fully saturated rings. The summed E-state index contributed by atoms with van der Waals surface area (Å²) in [6.07, 6.45) is 4.28. The number of rotatable bonds is 4. The molecule has 0 amide bonds. The van der Waals surface area contributed by atoms with Crippen LogP contribution in [0.3, 0.4) is 0 Å². The van der Waals surface area contributed by atoms with Gasteiger partial charge < -0.3 is 19.4 Å². The van der Waals surface area contributed by atoms with E-state index in [2.05, 4.69) is 15.2 Å². The van der Waals surface area contributed by atoms with Crippen LogP contribution in [-0.2, 0) is 0 Å². The molecule has 6 nitrogen and oxygen atoms in total. The zero-order chi connectivity index (χ0) is 16.8. The number of anilines is 1. The highest BCUT2D eigenvalue weighted by molar-refractivity contribution is 7.13. The van der Waals surface area contributed by atoms with E-state index < -0.39 is 0 Å². The molecular weight excluding hydrogens is 336 g/mol. The van der Waals surface area contributed by atoms with Crippen LogP contribution in [0.4, 0.5) is 6.01 Å². The molecule has 2 aliphatic rings. The summed E-state index contributed by atoms with van der Waals surface area (Å²) in [7, 11) is 0. The van der Waals surface area contributed by atoms with Crippen LogP contribution >= 0.6 is 11.3 Å². The second-order valence-electron chi connectivity index (χ2n) is 6.63. The van der Waals surface area contributed by atoms with Crippen LogP contribution in [0.25, 0.3) is 21.7 Å². The van der Waals surface area contributed by atoms with Crippen LogP contribution in [-0.4, -0.2) is 41.7 Å². The number of hydrogen-bond donors (Lipinski definition) is 1. The fourth-order valence-electron chi connectivity index (χ4n) is 3.85. The largest absolute Gasteiger partial charge is 0.494 e. The van der Waals surface area contributed by atoms with E-state index in [0.29, 0.717) is 24.7 Å². The van der Waals surface area contributed by atoms with E-state index in [1.54, 1.807) is 11.3 Å². The number of thiazole rings is 1. The number of hydrogen-bond acceptors (Lipinski definition) is 7. The van der Waals surface area contributed by atoms with Crippen molar-refractivity contribution < 1.29 is 9.15 Å². The van der Waals surface area contributed by atoms with E-state index in [9.17, 15) is 0 Å². The van der Waals surface area contributed by atoms with Crippen LogP contribution in [0.15, 0.2) is 28.1 Å². The van der Waals surface area contributed by atoms with E-state index in [1.165, 1.54) is 12.8 Å². The number of fused-ring (bicyclic) bond motifs is 3. The van der Waals surface area contributed by atoms with Crippen LogP contribution in [0, 0.1) is 0 Å². The highest BCUT2D eigenvalue weighted by Gasteiger charge is 2.34. The number of aromatic nitrogens is 2. The third-order valence-electron chi connectivity index (χ3n) is 4.91. The zero-order valence-corrected chi connectivity index (χ0v) is 14.9. The van der Waals surface area contributed by atoms with E-state index in [4.69, 9.17) is 14.1 Å². The summed E-state index contributed by atoms with van der Waals surface area (Å²) in [6.45, 7) is 4.51. The van der Waals surface area contributed by atoms with Crippen LogP contribution in [0.5, 0.6) is 5.75 Å². The second kappa shape index (κ2) is 6.00. The minimum atomic E-state index is 0.547. The van der Waals surface area contributed by atoms with Gasteiger partial charge in [0.2, 0.25) is 0 Å². The Morgan fingerprint density at radius 3 is 2.88 bits per heavy atom. The molecule has 2 aliphatic heterocycles. The first-order valence-corrected chi connectivity index (χ1v) is 9.66. The first-order chi connectivity index (χ1) is 12.3. The highest BCUT2D eigenvalue weighted by Crippen LogP contribution is 2.37. The lowest BCUT2D eigenvalue weighted by Crippen LogP contribution is -2.51. The number of nitrogens with one attached hydrogen (secondary N) is 1. The van der Waals surface area contributed by atoms with Crippen molar-refractivity contribution in [3.63, 3.8) is 0 Å². The van der Waals surface area contributed by atoms with Crippen molar-refractivity contribution in [2.24, 2.45) is 0 Å². The number of nitrogens with zero attached hydrogens (tertiary/aromatic N) is 3. The van der Waals surface area contributed by atoms with Gasteiger partial charge in [0, 0.05) is 42.8 Å². The van der Waals surface area contributed by atoms with Crippen LogP contribution in [0.2, 0.25) is 0 Å². The second-order valence-corrected chi connectivity index (χ2v) is 7.52. The number of ether oxygens (including phenoxy) is 1. The Labute approximate surface area is 149 Å². The molecule has 5 rings (SSSR count). The Kier molecular flexibility index (Phi) is 3.64. The van der Waals surface area contributed by atoms with Gasteiger partial charge in [-0.25, -0.2) is 4.98 Å². The van der Waals surface area contributed by atoms with E-state index >= 15 is 0 Å². The third-order valence-corrected chi connectivity index (χ3v) is 5.72. The Bertz CT molecular complexity index is 880. The first-order valence-electron chi connectivity index (χ1n) is 8.78. The maximum absolute atomic E-state index is 6.22. The van der Waals surface area contributed by atoms with Gasteiger partial charge in [-0.3, -0.25) is 0 Å². The predicted octanol–water partition coefficient (Wildman–Crippen LogP) is 3.29. The van der Waals surface area contributed by atoms with Crippen LogP contribution < -0.4 is 15.0 Å². The van der Waals surface area contributed by atoms with Gasteiger partial charge in [0.05, 0.1) is 12.2 Å². The average Bonchev–Trinajstić information content (AvgIpc) is 3.34. The minimum Gasteiger partial charge on any atom is -0.494 e. The molecule has 1 N–H and O–H groups in total. The average molecular weight is 356 g/mol. The normalized spacial score (nSPS) is 22.7. The van der Waals surface area contributed by atoms with Gasteiger partial charge in [-0.1, -0.05) is 0 Å². The summed E-state index contributed by atoms with van der Waals surface area (Å²) < 4.78 is 11.9. The van der Waals surface area contributed by atoms with Crippen molar-refractivity contribution in [3.05, 3.63) is 23.7 Å². The number of benzene rings is 1. The molecule has 3 aromatic rings. The molecule has 2 saturated heterocycles. The maximum atomic E-state index is 6.22. The lowest BCUT2D eigenvalue weighted by molar-refractivity contribution is 0.341. The Balaban J connectivity index is 1.59. The molecule has 25 heavy (non-hydrogen) atoms. The van der Waals surface area contributed by atoms with E-state index in [1.807, 2.05) is 30.6 Å². The number of oxazole rings is 1. The van der Waals surface area contributed by atoms with Gasteiger partial charge >= 0.3 is 0 Å². The summed E-state index contributed by atoms with van der Waals surface area (Å²) in [5, 5.41) is 6.54. The fraction of sp³-hybridized carbons (Fsp3) is 0.444. The summed E-state index contributed by atoms with van der Waals surface area (Å²) in [6, 6.07) is 5.76. The predicted molar refractivity (Wildman–Crippen MR) is 98.4 cm³/mol. The smallest absolute Gasteiger partial charge is 0.298 e. The summed E-state index contributed by atoms with van der Waals surface area (Å²) in [4.78, 5) is 11.5. The minimum absolute atomic E-state index is 0.547. The van der Waals surface area contributed by atoms with Crippen molar-refractivity contribution in [1.82, 2.24) is 15.3 Å². The molecule has 7 heteroatoms. The van der Waals surface area contributed by atoms with Crippen molar-refractivity contribution in [2.75, 3.05) is 24.6 Å². The molecule has 2 bridgehead atoms. The van der Waals surface area contributed by atoms with E-state index in [-0.39, 0.29) is 0 Å². The lowest BCUT2D eigenvalue weighted by atomic mass is 10.2. The molecule has 0 saturated carbocycles. The van der Waals surface area contributed by atoms with Gasteiger partial charge in [0.25, 0.3) is 6.01 Å². The van der Waals surface area contributed by atoms with Crippen molar-refractivity contribution in [1.29, 1.82) is 0 Å². The number of piperazine rings is 1. The highest BCUT2D eigenvalue weighted by atomic mass is 32.1. The molecular formula is C18H20N4O2S. The maximum Gasteiger partial charge on any atom is 0.298 e. The fourth-order valence-corrected chi connectivity index (χ4v) is 4.50. The van der Waals surface area contributed by atoms with E-state index in [0.717, 1.165) is 40.5 Å². The lowest BCUT2D eigenvalue weighted by Gasteiger charge is -2.31. The molecule has 0 aliphatic carbocycles. The Morgan fingerprint density at radius 2 is 2.16 bits per heavy atom. The SMILES string of the molecule is CCOc1cc(-c2nccs2)c2oc(N3CC4CCC(C3)N4)nc2c1. The van der Waals surface area contributed by atoms with Gasteiger partial charge in [-0.2, -0.15) is 4.98 Å². The summed E-state index contributed by atoms with van der Waals surface area (Å²) in [5.41, 5.74) is 2.57. The molecule has 1 aromatic carbocycles. The molecule has 0 spiro atoms. The van der Waals surface area contributed by atoms with Gasteiger partial charge in [-0.15, -0.1) is 11.3 Å². The van der Waals surface area contributed by atoms with Gasteiger partial charge in [0.15, 0.2) is 5.58 Å². The monoisotopic (exact) mass is 356 g/mol. The molecule has 0 radical (unpaired) electrons. The quantitative estimate of drug-likeness (QED) is 0.774. The zero-order valence-electron chi connectivity index (χ0n) is 14.1.